The third-order valence-electron chi connectivity index (χ3n) is 1.45. The van der Waals surface area contributed by atoms with Crippen LogP contribution in [-0.2, 0) is 4.79 Å². The van der Waals surface area contributed by atoms with Crippen LogP contribution in [0.4, 0.5) is 0 Å². The number of carbonyl (C=O) groups is 1. The lowest BCUT2D eigenvalue weighted by molar-refractivity contribution is -0.122. The minimum atomic E-state index is 0.0770. The molecule has 0 aromatic rings. The van der Waals surface area contributed by atoms with Gasteiger partial charge in [0, 0.05) is 13.5 Å². The Morgan fingerprint density at radius 3 is 2.55 bits per heavy atom. The van der Waals surface area contributed by atoms with E-state index in [4.69, 9.17) is 0 Å². The van der Waals surface area contributed by atoms with Gasteiger partial charge < -0.3 is 0 Å². The van der Waals surface area contributed by atoms with Gasteiger partial charge in [0.05, 0.1) is 0 Å². The third kappa shape index (κ3) is 7.33. The topological polar surface area (TPSA) is 41.1 Å². The smallest absolute Gasteiger partial charge is 0.234 e. The van der Waals surface area contributed by atoms with E-state index < -0.39 is 0 Å². The van der Waals surface area contributed by atoms with Crippen molar-refractivity contribution in [2.24, 2.45) is 5.92 Å². The highest BCUT2D eigenvalue weighted by Gasteiger charge is 1.99. The number of carbonyl (C=O) groups excluding carboxylic acids is 1. The number of hydrogen-bond acceptors (Lipinski definition) is 2. The number of rotatable bonds is 5. The zero-order valence-corrected chi connectivity index (χ0v) is 7.61. The van der Waals surface area contributed by atoms with Crippen LogP contribution in [0.25, 0.3) is 0 Å². The van der Waals surface area contributed by atoms with Gasteiger partial charge in [-0.3, -0.25) is 10.2 Å². The molecule has 3 heteroatoms. The van der Waals surface area contributed by atoms with Gasteiger partial charge in [-0.1, -0.05) is 20.3 Å². The summed E-state index contributed by atoms with van der Waals surface area (Å²) >= 11 is 0. The minimum absolute atomic E-state index is 0.0770. The van der Waals surface area contributed by atoms with Crippen molar-refractivity contribution in [3.63, 3.8) is 0 Å². The van der Waals surface area contributed by atoms with E-state index in [1.807, 2.05) is 0 Å². The quantitative estimate of drug-likeness (QED) is 0.587. The Balaban J connectivity index is 3.17. The molecule has 0 aromatic heterocycles. The molecule has 0 saturated carbocycles. The molecule has 11 heavy (non-hydrogen) atoms. The van der Waals surface area contributed by atoms with Crippen LogP contribution < -0.4 is 10.9 Å². The summed E-state index contributed by atoms with van der Waals surface area (Å²) in [6.07, 6.45) is 2.72. The van der Waals surface area contributed by atoms with Crippen LogP contribution in [0.3, 0.4) is 0 Å². The van der Waals surface area contributed by atoms with Crippen molar-refractivity contribution in [2.45, 2.75) is 33.1 Å². The van der Waals surface area contributed by atoms with E-state index in [0.29, 0.717) is 12.3 Å². The Labute approximate surface area is 68.5 Å². The molecule has 0 rings (SSSR count). The zero-order valence-electron chi connectivity index (χ0n) is 7.61. The van der Waals surface area contributed by atoms with Crippen molar-refractivity contribution in [3.8, 4) is 0 Å². The van der Waals surface area contributed by atoms with Crippen LogP contribution in [0.1, 0.15) is 33.1 Å². The van der Waals surface area contributed by atoms with Crippen molar-refractivity contribution in [2.75, 3.05) is 7.05 Å². The van der Waals surface area contributed by atoms with E-state index in [0.717, 1.165) is 12.8 Å². The molecule has 0 saturated heterocycles. The number of nitrogens with one attached hydrogen (secondary N) is 2. The second-order valence-electron chi connectivity index (χ2n) is 3.08. The summed E-state index contributed by atoms with van der Waals surface area (Å²) in [5.74, 6) is 0.769. The van der Waals surface area contributed by atoms with Crippen LogP contribution in [0.2, 0.25) is 0 Å². The molecule has 0 aliphatic carbocycles. The highest BCUT2D eigenvalue weighted by molar-refractivity contribution is 5.75. The van der Waals surface area contributed by atoms with Gasteiger partial charge in [0.2, 0.25) is 5.91 Å². The first-order valence-electron chi connectivity index (χ1n) is 4.12. The fourth-order valence-electron chi connectivity index (χ4n) is 0.873. The molecule has 0 aliphatic heterocycles. The van der Waals surface area contributed by atoms with Crippen molar-refractivity contribution in [3.05, 3.63) is 0 Å². The maximum Gasteiger partial charge on any atom is 0.234 e. The van der Waals surface area contributed by atoms with Gasteiger partial charge in [0.15, 0.2) is 0 Å². The molecule has 0 spiro atoms. The monoisotopic (exact) mass is 158 g/mol. The van der Waals surface area contributed by atoms with Crippen molar-refractivity contribution in [1.29, 1.82) is 0 Å². The molecule has 0 heterocycles. The van der Waals surface area contributed by atoms with Gasteiger partial charge in [0.25, 0.3) is 0 Å². The Morgan fingerprint density at radius 1 is 1.45 bits per heavy atom. The van der Waals surface area contributed by atoms with E-state index in [1.165, 1.54) is 0 Å². The predicted octanol–water partition coefficient (Wildman–Crippen LogP) is 1.06. The molecular weight excluding hydrogens is 140 g/mol. The molecule has 0 radical (unpaired) electrons. The molecule has 0 unspecified atom stereocenters. The molecule has 0 fully saturated rings. The molecule has 0 aliphatic rings. The van der Waals surface area contributed by atoms with Gasteiger partial charge in [-0.05, 0) is 12.3 Å². The Bertz CT molecular complexity index is 113. The molecule has 1 amide bonds. The predicted molar refractivity (Wildman–Crippen MR) is 45.9 cm³/mol. The van der Waals surface area contributed by atoms with Gasteiger partial charge >= 0.3 is 0 Å². The van der Waals surface area contributed by atoms with E-state index in [-0.39, 0.29) is 5.91 Å². The first-order chi connectivity index (χ1) is 5.16. The average Bonchev–Trinajstić information content (AvgIpc) is 1.87. The highest BCUT2D eigenvalue weighted by Crippen LogP contribution is 2.05. The lowest BCUT2D eigenvalue weighted by atomic mass is 10.1. The molecule has 3 nitrogen and oxygen atoms in total. The summed E-state index contributed by atoms with van der Waals surface area (Å²) in [5, 5.41) is 0. The zero-order chi connectivity index (χ0) is 8.69. The number of hydrazine groups is 1. The molecule has 2 N–H and O–H groups in total. The largest absolute Gasteiger partial charge is 0.292 e. The Morgan fingerprint density at radius 2 is 2.09 bits per heavy atom. The SMILES string of the molecule is CNNC(=O)CCCC(C)C. The van der Waals surface area contributed by atoms with Crippen LogP contribution in [-0.4, -0.2) is 13.0 Å². The summed E-state index contributed by atoms with van der Waals surface area (Å²) in [4.78, 5) is 10.9. The average molecular weight is 158 g/mol. The molecule has 0 bridgehead atoms. The maximum absolute atomic E-state index is 10.9. The first-order valence-corrected chi connectivity index (χ1v) is 4.12. The lowest BCUT2D eigenvalue weighted by Gasteiger charge is -2.04. The van der Waals surface area contributed by atoms with Gasteiger partial charge in [-0.15, -0.1) is 0 Å². The first kappa shape index (κ1) is 10.4. The van der Waals surface area contributed by atoms with Gasteiger partial charge in [0.1, 0.15) is 0 Å². The lowest BCUT2D eigenvalue weighted by Crippen LogP contribution is -2.33. The van der Waals surface area contributed by atoms with Crippen molar-refractivity contribution < 1.29 is 4.79 Å². The normalized spacial score (nSPS) is 10.2. The third-order valence-corrected chi connectivity index (χ3v) is 1.45. The van der Waals surface area contributed by atoms with Gasteiger partial charge in [-0.25, -0.2) is 5.43 Å². The highest BCUT2D eigenvalue weighted by atomic mass is 16.2. The van der Waals surface area contributed by atoms with Crippen LogP contribution >= 0.6 is 0 Å². The second kappa shape index (κ2) is 6.16. The number of amides is 1. The summed E-state index contributed by atoms with van der Waals surface area (Å²) < 4.78 is 0. The Hall–Kier alpha value is -0.570. The Kier molecular flexibility index (Phi) is 5.84. The molecule has 0 aromatic carbocycles. The molecule has 66 valence electrons. The van der Waals surface area contributed by atoms with Crippen LogP contribution in [0, 0.1) is 5.92 Å². The van der Waals surface area contributed by atoms with E-state index >= 15 is 0 Å². The van der Waals surface area contributed by atoms with E-state index in [2.05, 4.69) is 24.7 Å². The van der Waals surface area contributed by atoms with Crippen molar-refractivity contribution in [1.82, 2.24) is 10.9 Å². The summed E-state index contributed by atoms with van der Waals surface area (Å²) in [6, 6.07) is 0. The van der Waals surface area contributed by atoms with E-state index in [1.54, 1.807) is 7.05 Å². The standard InChI is InChI=1S/C8H18N2O/c1-7(2)5-4-6-8(11)10-9-3/h7,9H,4-6H2,1-3H3,(H,10,11). The summed E-state index contributed by atoms with van der Waals surface area (Å²) in [5.41, 5.74) is 5.14. The van der Waals surface area contributed by atoms with Crippen molar-refractivity contribution >= 4 is 5.91 Å². The van der Waals surface area contributed by atoms with E-state index in [9.17, 15) is 4.79 Å². The van der Waals surface area contributed by atoms with Crippen LogP contribution in [0.15, 0.2) is 0 Å². The maximum atomic E-state index is 10.9. The fraction of sp³-hybridized carbons (Fsp3) is 0.875. The molecule has 0 atom stereocenters. The summed E-state index contributed by atoms with van der Waals surface area (Å²) in [6.45, 7) is 4.33. The van der Waals surface area contributed by atoms with Crippen LogP contribution in [0.5, 0.6) is 0 Å². The second-order valence-corrected chi connectivity index (χ2v) is 3.08. The minimum Gasteiger partial charge on any atom is -0.292 e. The molecular formula is C8H18N2O. The fourth-order valence-corrected chi connectivity index (χ4v) is 0.873. The van der Waals surface area contributed by atoms with Gasteiger partial charge in [-0.2, -0.15) is 0 Å². The summed E-state index contributed by atoms with van der Waals surface area (Å²) in [7, 11) is 1.69. The number of hydrogen-bond donors (Lipinski definition) is 2.